The monoisotopic (exact) mass is 555 g/mol. The van der Waals surface area contributed by atoms with E-state index in [-0.39, 0.29) is 12.2 Å². The largest absolute Gasteiger partial charge is 0.394 e. The lowest BCUT2D eigenvalue weighted by atomic mass is 9.44. The van der Waals surface area contributed by atoms with Crippen LogP contribution in [0.4, 0.5) is 4.39 Å². The summed E-state index contributed by atoms with van der Waals surface area (Å²) in [7, 11) is 0. The Hall–Kier alpha value is -1.57. The van der Waals surface area contributed by atoms with Crippen LogP contribution in [0.1, 0.15) is 46.5 Å². The fraction of sp³-hybridized carbons (Fsp3) is 0.786. The lowest BCUT2D eigenvalue weighted by Gasteiger charge is -2.63. The minimum Gasteiger partial charge on any atom is -0.394 e. The molecule has 0 aromatic carbocycles. The van der Waals surface area contributed by atoms with Gasteiger partial charge in [0.15, 0.2) is 23.5 Å². The molecule has 3 saturated carbocycles. The Morgan fingerprint density at radius 1 is 1.15 bits per heavy atom. The average Bonchev–Trinajstić information content (AvgIpc) is 3.11. The molecule has 0 unspecified atom stereocenters. The third-order valence-corrected chi connectivity index (χ3v) is 10.9. The lowest BCUT2D eigenvalue weighted by molar-refractivity contribution is -0.341. The first-order chi connectivity index (χ1) is 18.2. The number of carbonyl (C=O) groups is 2. The summed E-state index contributed by atoms with van der Waals surface area (Å²) in [6.45, 7) is 3.50. The predicted octanol–water partition coefficient (Wildman–Crippen LogP) is -0.280. The molecule has 10 nitrogen and oxygen atoms in total. The van der Waals surface area contributed by atoms with E-state index in [4.69, 9.17) is 9.47 Å². The molecular weight excluding hydrogens is 516 g/mol. The molecule has 4 fully saturated rings. The van der Waals surface area contributed by atoms with Crippen LogP contribution >= 0.6 is 0 Å². The van der Waals surface area contributed by atoms with Gasteiger partial charge in [-0.05, 0) is 56.6 Å². The fourth-order valence-corrected chi connectivity index (χ4v) is 8.91. The van der Waals surface area contributed by atoms with E-state index in [1.54, 1.807) is 20.8 Å². The Labute approximate surface area is 226 Å². The number of allylic oxidation sites excluding steroid dienone is 4. The van der Waals surface area contributed by atoms with Crippen LogP contribution in [0.2, 0.25) is 0 Å². The van der Waals surface area contributed by atoms with E-state index < -0.39 is 95.7 Å². The number of Topliss-reactive ketones (excluding diaryl/α,β-unsaturated/α-hetero) is 1. The second kappa shape index (κ2) is 9.49. The van der Waals surface area contributed by atoms with Crippen LogP contribution in [0.5, 0.6) is 0 Å². The van der Waals surface area contributed by atoms with E-state index >= 15 is 4.39 Å². The molecule has 0 spiro atoms. The minimum atomic E-state index is -2.14. The standard InChI is InChI=1S/C28H39FO10/c1-13-8-17-16-5-4-14-9-15(32)6-7-25(14,2)27(16,29)19(33)10-26(17,3)28(13,20(34)12-31)39-24-23(37)22(36)21(35)18(11-30)38-24/h6-7,9,13,16-19,21-24,30-31,33,35-37H,4-5,8,10-12H2,1-3H3/t13-,16+,17+,18-,19+,21+,22+,23-,24+,25+,26+,27+,28+/m1/s1/i32+1. The molecule has 5 rings (SSSR count). The van der Waals surface area contributed by atoms with Crippen LogP contribution in [0, 0.1) is 28.6 Å². The van der Waals surface area contributed by atoms with Crippen molar-refractivity contribution in [1.82, 2.24) is 0 Å². The van der Waals surface area contributed by atoms with Crippen LogP contribution in [-0.2, 0) is 19.1 Å². The van der Waals surface area contributed by atoms with Gasteiger partial charge in [-0.1, -0.05) is 25.5 Å². The number of rotatable bonds is 5. The van der Waals surface area contributed by atoms with Gasteiger partial charge in [-0.3, -0.25) is 9.59 Å². The van der Waals surface area contributed by atoms with Crippen molar-refractivity contribution in [3.8, 4) is 0 Å². The van der Waals surface area contributed by atoms with Crippen molar-refractivity contribution in [3.63, 3.8) is 0 Å². The third kappa shape index (κ3) is 3.61. The highest BCUT2D eigenvalue weighted by Gasteiger charge is 2.77. The number of ketones is 2. The summed E-state index contributed by atoms with van der Waals surface area (Å²) in [4.78, 5) is 25.7. The minimum absolute atomic E-state index is 0.219. The molecule has 4 aliphatic carbocycles. The Morgan fingerprint density at radius 2 is 1.85 bits per heavy atom. The smallest absolute Gasteiger partial charge is 0.190 e. The predicted molar refractivity (Wildman–Crippen MR) is 133 cm³/mol. The molecule has 0 bridgehead atoms. The molecule has 39 heavy (non-hydrogen) atoms. The van der Waals surface area contributed by atoms with Crippen LogP contribution in [0.25, 0.3) is 0 Å². The maximum absolute atomic E-state index is 17.5. The summed E-state index contributed by atoms with van der Waals surface area (Å²) in [5.74, 6) is -2.80. The molecule has 13 atom stereocenters. The summed E-state index contributed by atoms with van der Waals surface area (Å²) < 4.78 is 29.3. The Balaban J connectivity index is 1.58. The van der Waals surface area contributed by atoms with Gasteiger partial charge in [0.1, 0.15) is 36.6 Å². The fourth-order valence-electron chi connectivity index (χ4n) is 8.91. The molecule has 1 saturated heterocycles. The highest BCUT2D eigenvalue weighted by molar-refractivity contribution is 6.01. The summed E-state index contributed by atoms with van der Waals surface area (Å²) >= 11 is 0. The summed E-state index contributed by atoms with van der Waals surface area (Å²) in [6.07, 6.45) is -4.53. The van der Waals surface area contributed by atoms with Crippen molar-refractivity contribution >= 4 is 11.6 Å². The molecule has 0 amide bonds. The molecule has 5 aliphatic rings. The van der Waals surface area contributed by atoms with Gasteiger partial charge in [-0.2, -0.15) is 0 Å². The van der Waals surface area contributed by atoms with E-state index in [2.05, 4.69) is 0 Å². The second-order valence-electron chi connectivity index (χ2n) is 12.5. The first-order valence-corrected chi connectivity index (χ1v) is 13.7. The molecule has 11 heteroatoms. The molecular formula is C28H39FO10. The van der Waals surface area contributed by atoms with Gasteiger partial charge in [0.25, 0.3) is 0 Å². The highest BCUT2D eigenvalue weighted by atomic mass is 19.1. The number of aliphatic hydroxyl groups is 6. The zero-order chi connectivity index (χ0) is 28.7. The lowest BCUT2D eigenvalue weighted by Crippen LogP contribution is -2.71. The number of hydrogen-bond donors (Lipinski definition) is 6. The first kappa shape index (κ1) is 28.9. The maximum atomic E-state index is 17.5. The highest BCUT2D eigenvalue weighted by Crippen LogP contribution is 2.71. The summed E-state index contributed by atoms with van der Waals surface area (Å²) in [5, 5.41) is 62.6. The van der Waals surface area contributed by atoms with Crippen LogP contribution < -0.4 is 0 Å². The zero-order valence-electron chi connectivity index (χ0n) is 22.4. The van der Waals surface area contributed by atoms with E-state index in [1.165, 1.54) is 18.2 Å². The van der Waals surface area contributed by atoms with Crippen molar-refractivity contribution in [2.24, 2.45) is 28.6 Å². The molecule has 1 heterocycles. The quantitative estimate of drug-likeness (QED) is 0.265. The van der Waals surface area contributed by atoms with Gasteiger partial charge < -0.3 is 40.1 Å². The molecule has 218 valence electrons. The van der Waals surface area contributed by atoms with E-state index in [0.717, 1.165) is 0 Å². The van der Waals surface area contributed by atoms with Gasteiger partial charge in [0, 0.05) is 16.7 Å². The van der Waals surface area contributed by atoms with Crippen molar-refractivity contribution in [3.05, 3.63) is 23.8 Å². The first-order valence-electron chi connectivity index (χ1n) is 13.7. The van der Waals surface area contributed by atoms with Crippen LogP contribution in [-0.4, -0.2) is 103 Å². The van der Waals surface area contributed by atoms with Gasteiger partial charge in [0.2, 0.25) is 0 Å². The number of hydrogen-bond acceptors (Lipinski definition) is 10. The summed E-state index contributed by atoms with van der Waals surface area (Å²) in [6, 6.07) is 0. The molecule has 0 aromatic rings. The Kier molecular flexibility index (Phi) is 7.04. The molecule has 6 N–H and O–H groups in total. The average molecular weight is 556 g/mol. The maximum Gasteiger partial charge on any atom is 0.190 e. The van der Waals surface area contributed by atoms with E-state index in [9.17, 15) is 40.2 Å². The molecule has 0 aromatic heterocycles. The van der Waals surface area contributed by atoms with Crippen molar-refractivity contribution in [2.75, 3.05) is 13.2 Å². The number of carbonyl (C=O) groups excluding carboxylic acids is 2. The van der Waals surface area contributed by atoms with Gasteiger partial charge in [0.05, 0.1) is 12.7 Å². The van der Waals surface area contributed by atoms with Crippen LogP contribution in [0.3, 0.4) is 0 Å². The topological polar surface area (TPSA) is 174 Å². The molecule has 1 aliphatic heterocycles. The van der Waals surface area contributed by atoms with E-state index in [1.807, 2.05) is 0 Å². The number of ether oxygens (including phenoxy) is 2. The number of fused-ring (bicyclic) bond motifs is 5. The third-order valence-electron chi connectivity index (χ3n) is 10.9. The second-order valence-corrected chi connectivity index (χ2v) is 12.5. The van der Waals surface area contributed by atoms with Gasteiger partial charge >= 0.3 is 0 Å². The van der Waals surface area contributed by atoms with Crippen LogP contribution in [0.15, 0.2) is 23.8 Å². The number of aliphatic hydroxyl groups excluding tert-OH is 6. The van der Waals surface area contributed by atoms with Gasteiger partial charge in [-0.15, -0.1) is 0 Å². The Morgan fingerprint density at radius 3 is 2.49 bits per heavy atom. The van der Waals surface area contributed by atoms with Crippen molar-refractivity contribution in [1.29, 1.82) is 0 Å². The summed E-state index contributed by atoms with van der Waals surface area (Å²) in [5.41, 5.74) is -5.82. The molecule has 0 radical (unpaired) electrons. The number of halogens is 1. The number of alkyl halides is 1. The normalized spacial score (nSPS) is 53.0. The van der Waals surface area contributed by atoms with Gasteiger partial charge in [-0.25, -0.2) is 4.39 Å². The SMILES string of the molecule is C[C@@H]1C[C@H]2[C@@H]3CCC4=CC(=[17O])C=C[C@]4(C)[C@@]3(F)[C@@H](O)C[C@]2(C)[C@@]1(O[C@@H]1O[C@H](CO)[C@H](O)[C@H](O)[C@H]1O)C(=O)CO. The zero-order valence-corrected chi connectivity index (χ0v) is 22.4. The van der Waals surface area contributed by atoms with E-state index in [0.29, 0.717) is 24.8 Å². The van der Waals surface area contributed by atoms with Crippen molar-refractivity contribution < 1.29 is 54.1 Å². The van der Waals surface area contributed by atoms with Crippen molar-refractivity contribution in [2.45, 2.75) is 94.5 Å². The Bertz CT molecular complexity index is 1090.